The second-order valence-electron chi connectivity index (χ2n) is 5.77. The number of benzene rings is 1. The Bertz CT molecular complexity index is 908. The summed E-state index contributed by atoms with van der Waals surface area (Å²) in [4.78, 5) is 28.3. The summed E-state index contributed by atoms with van der Waals surface area (Å²) in [6.45, 7) is 2.03. The number of amides is 2. The summed E-state index contributed by atoms with van der Waals surface area (Å²) in [5, 5.41) is 0.821. The summed E-state index contributed by atoms with van der Waals surface area (Å²) < 4.78 is 6.56. The fourth-order valence-electron chi connectivity index (χ4n) is 2.34. The molecular formula is C18H15BrN2O3S2. The van der Waals surface area contributed by atoms with E-state index in [9.17, 15) is 9.59 Å². The molecule has 2 heterocycles. The molecule has 0 atom stereocenters. The monoisotopic (exact) mass is 450 g/mol. The lowest BCUT2D eigenvalue weighted by molar-refractivity contribution is -0.132. The van der Waals surface area contributed by atoms with Gasteiger partial charge in [0, 0.05) is 19.0 Å². The first-order chi connectivity index (χ1) is 12.3. The number of rotatable bonds is 3. The van der Waals surface area contributed by atoms with E-state index >= 15 is 0 Å². The molecule has 0 radical (unpaired) electrons. The maximum Gasteiger partial charge on any atom is 0.265 e. The van der Waals surface area contributed by atoms with Crippen molar-refractivity contribution in [2.45, 2.75) is 16.9 Å². The van der Waals surface area contributed by atoms with Crippen molar-refractivity contribution in [3.63, 3.8) is 0 Å². The molecule has 1 saturated heterocycles. The fraction of sp³-hybridized carbons (Fsp3) is 0.167. The molecule has 1 aliphatic rings. The van der Waals surface area contributed by atoms with Gasteiger partial charge in [0.2, 0.25) is 0 Å². The maximum atomic E-state index is 12.4. The third kappa shape index (κ3) is 3.62. The zero-order valence-electron chi connectivity index (χ0n) is 14.3. The van der Waals surface area contributed by atoms with Gasteiger partial charge in [0.1, 0.15) is 11.3 Å². The van der Waals surface area contributed by atoms with Crippen LogP contribution in [0.15, 0.2) is 54.8 Å². The van der Waals surface area contributed by atoms with Crippen molar-refractivity contribution in [3.8, 4) is 0 Å². The molecule has 5 nitrogen and oxygen atoms in total. The maximum absolute atomic E-state index is 12.4. The molecule has 1 fully saturated rings. The van der Waals surface area contributed by atoms with E-state index in [1.807, 2.05) is 31.2 Å². The van der Waals surface area contributed by atoms with Crippen LogP contribution in [0, 0.1) is 6.92 Å². The van der Waals surface area contributed by atoms with Crippen LogP contribution in [0.3, 0.4) is 0 Å². The van der Waals surface area contributed by atoms with Gasteiger partial charge < -0.3 is 4.42 Å². The Labute approximate surface area is 169 Å². The van der Waals surface area contributed by atoms with Gasteiger partial charge in [0.25, 0.3) is 11.8 Å². The zero-order chi connectivity index (χ0) is 19.0. The first-order valence-corrected chi connectivity index (χ1v) is 9.65. The lowest BCUT2D eigenvalue weighted by atomic mass is 10.1. The normalized spacial score (nSPS) is 15.1. The van der Waals surface area contributed by atoms with Crippen LogP contribution < -0.4 is 0 Å². The van der Waals surface area contributed by atoms with Crippen LogP contribution in [0.5, 0.6) is 0 Å². The molecule has 0 bridgehead atoms. The fourth-order valence-corrected chi connectivity index (χ4v) is 3.84. The highest BCUT2D eigenvalue weighted by Crippen LogP contribution is 2.36. The van der Waals surface area contributed by atoms with Gasteiger partial charge in [-0.05, 0) is 59.3 Å². The predicted octanol–water partition coefficient (Wildman–Crippen LogP) is 4.10. The number of carbonyl (C=O) groups is 2. The molecule has 0 saturated carbocycles. The summed E-state index contributed by atoms with van der Waals surface area (Å²) >= 11 is 10.00. The van der Waals surface area contributed by atoms with E-state index in [-0.39, 0.29) is 10.7 Å². The number of furan rings is 1. The number of hydrogen-bond donors (Lipinski definition) is 0. The van der Waals surface area contributed by atoms with E-state index in [4.69, 9.17) is 16.6 Å². The van der Waals surface area contributed by atoms with Crippen molar-refractivity contribution in [3.05, 3.63) is 51.7 Å². The third-order valence-corrected chi connectivity index (χ3v) is 6.23. The lowest BCUT2D eigenvalue weighted by Crippen LogP contribution is -2.52. The zero-order valence-corrected chi connectivity index (χ0v) is 17.5. The van der Waals surface area contributed by atoms with Crippen LogP contribution in [-0.2, 0) is 9.59 Å². The number of hydrogen-bond acceptors (Lipinski definition) is 5. The third-order valence-electron chi connectivity index (χ3n) is 3.84. The first kappa shape index (κ1) is 18.9. The summed E-state index contributed by atoms with van der Waals surface area (Å²) in [5.74, 6) is -0.477. The van der Waals surface area contributed by atoms with Gasteiger partial charge in [0.05, 0.1) is 4.47 Å². The average Bonchev–Trinajstić information content (AvgIpc) is 2.96. The van der Waals surface area contributed by atoms with Crippen LogP contribution in [0.1, 0.15) is 11.3 Å². The molecule has 26 heavy (non-hydrogen) atoms. The van der Waals surface area contributed by atoms with Gasteiger partial charge in [-0.15, -0.1) is 0 Å². The molecule has 8 heteroatoms. The number of aryl methyl sites for hydroxylation is 1. The Morgan fingerprint density at radius 2 is 1.69 bits per heavy atom. The minimum absolute atomic E-state index is 0.0109. The first-order valence-electron chi connectivity index (χ1n) is 7.63. The number of carbonyl (C=O) groups excluding carboxylic acids is 2. The van der Waals surface area contributed by atoms with Crippen molar-refractivity contribution in [1.82, 2.24) is 9.80 Å². The Morgan fingerprint density at radius 1 is 1.12 bits per heavy atom. The molecule has 0 N–H and O–H groups in total. The van der Waals surface area contributed by atoms with Crippen LogP contribution in [-0.4, -0.2) is 40.8 Å². The van der Waals surface area contributed by atoms with Crippen LogP contribution in [0.25, 0.3) is 6.08 Å². The Kier molecular flexibility index (Phi) is 5.36. The van der Waals surface area contributed by atoms with E-state index in [1.165, 1.54) is 47.3 Å². The molecular weight excluding hydrogens is 436 g/mol. The van der Waals surface area contributed by atoms with Crippen LogP contribution in [0.2, 0.25) is 0 Å². The Balaban J connectivity index is 1.89. The average molecular weight is 451 g/mol. The summed E-state index contributed by atoms with van der Waals surface area (Å²) in [6, 6.07) is 9.79. The van der Waals surface area contributed by atoms with Gasteiger partial charge in [-0.3, -0.25) is 19.4 Å². The molecule has 0 unspecified atom stereocenters. The van der Waals surface area contributed by atoms with Crippen molar-refractivity contribution in [1.29, 1.82) is 0 Å². The van der Waals surface area contributed by atoms with Crippen molar-refractivity contribution in [2.24, 2.45) is 0 Å². The van der Waals surface area contributed by atoms with Gasteiger partial charge in [0.15, 0.2) is 10.2 Å². The van der Waals surface area contributed by atoms with E-state index < -0.39 is 11.8 Å². The van der Waals surface area contributed by atoms with Crippen molar-refractivity contribution >= 4 is 62.9 Å². The van der Waals surface area contributed by atoms with E-state index in [1.54, 1.807) is 6.07 Å². The summed E-state index contributed by atoms with van der Waals surface area (Å²) in [6.07, 6.45) is 1.45. The number of halogens is 1. The Morgan fingerprint density at radius 3 is 2.27 bits per heavy atom. The van der Waals surface area contributed by atoms with Gasteiger partial charge in [-0.25, -0.2) is 0 Å². The van der Waals surface area contributed by atoms with E-state index in [0.29, 0.717) is 10.9 Å². The van der Waals surface area contributed by atoms with Gasteiger partial charge in [-0.2, -0.15) is 0 Å². The van der Waals surface area contributed by atoms with E-state index in [2.05, 4.69) is 15.9 Å². The lowest BCUT2D eigenvalue weighted by Gasteiger charge is -2.31. The topological polar surface area (TPSA) is 53.8 Å². The molecule has 0 aliphatic carbocycles. The van der Waals surface area contributed by atoms with Crippen LogP contribution >= 0.6 is 39.9 Å². The molecule has 3 rings (SSSR count). The Hall–Kier alpha value is -1.90. The summed E-state index contributed by atoms with van der Waals surface area (Å²) in [5.41, 5.74) is 1.19. The molecule has 1 aliphatic heterocycles. The molecule has 0 spiro atoms. The summed E-state index contributed by atoms with van der Waals surface area (Å²) in [7, 11) is 3.08. The number of thiocarbonyl (C=S) groups is 1. The van der Waals surface area contributed by atoms with Gasteiger partial charge >= 0.3 is 0 Å². The van der Waals surface area contributed by atoms with Crippen LogP contribution in [0.4, 0.5) is 0 Å². The van der Waals surface area contributed by atoms with Crippen molar-refractivity contribution in [2.75, 3.05) is 14.1 Å². The highest BCUT2D eigenvalue weighted by Gasteiger charge is 2.35. The predicted molar refractivity (Wildman–Crippen MR) is 108 cm³/mol. The smallest absolute Gasteiger partial charge is 0.265 e. The van der Waals surface area contributed by atoms with E-state index in [0.717, 1.165) is 9.37 Å². The highest BCUT2D eigenvalue weighted by atomic mass is 79.9. The van der Waals surface area contributed by atoms with Gasteiger partial charge in [-0.1, -0.05) is 29.5 Å². The SMILES string of the molecule is Cc1ccc(Sc2oc(C=C3C(=O)N(C)C(=S)N(C)C3=O)cc2Br)cc1. The van der Waals surface area contributed by atoms with Crippen molar-refractivity contribution < 1.29 is 14.0 Å². The minimum Gasteiger partial charge on any atom is -0.449 e. The molecule has 134 valence electrons. The second-order valence-corrected chi connectivity index (χ2v) is 8.03. The highest BCUT2D eigenvalue weighted by molar-refractivity contribution is 9.10. The standard InChI is InChI=1S/C18H15BrN2O3S2/c1-10-4-6-12(7-5-10)26-17-14(19)9-11(24-17)8-13-15(22)20(2)18(25)21(3)16(13)23/h4-9H,1-3H3. The number of likely N-dealkylation sites (N-methyl/N-ethyl adjacent to an activating group) is 2. The molecule has 1 aromatic carbocycles. The number of nitrogens with zero attached hydrogens (tertiary/aromatic N) is 2. The molecule has 2 aromatic rings. The minimum atomic E-state index is -0.446. The molecule has 1 aromatic heterocycles. The second kappa shape index (κ2) is 7.38. The molecule has 2 amide bonds. The largest absolute Gasteiger partial charge is 0.449 e. The quantitative estimate of drug-likeness (QED) is 0.400.